The summed E-state index contributed by atoms with van der Waals surface area (Å²) in [6.07, 6.45) is 2.20. The van der Waals surface area contributed by atoms with E-state index in [1.165, 1.54) is 6.07 Å². The van der Waals surface area contributed by atoms with Crippen LogP contribution >= 0.6 is 35.0 Å². The van der Waals surface area contributed by atoms with E-state index in [0.29, 0.717) is 30.1 Å². The van der Waals surface area contributed by atoms with Crippen molar-refractivity contribution in [3.05, 3.63) is 69.7 Å². The maximum atomic E-state index is 13.4. The van der Waals surface area contributed by atoms with Crippen LogP contribution in [-0.2, 0) is 9.53 Å². The normalized spacial score (nSPS) is 19.7. The first-order valence-electron chi connectivity index (χ1n) is 10.1. The molecular formula is C23H26Cl2N2O3S. The van der Waals surface area contributed by atoms with Crippen molar-refractivity contribution < 1.29 is 14.3 Å². The fraction of sp³-hybridized carbons (Fsp3) is 0.391. The Bertz CT molecular complexity index is 913. The van der Waals surface area contributed by atoms with E-state index >= 15 is 0 Å². The average molecular weight is 481 g/mol. The molecule has 3 atom stereocenters. The number of halogens is 2. The highest BCUT2D eigenvalue weighted by molar-refractivity contribution is 7.98. The molecule has 0 saturated carbocycles. The van der Waals surface area contributed by atoms with Crippen molar-refractivity contribution in [3.8, 4) is 0 Å². The van der Waals surface area contributed by atoms with Crippen LogP contribution in [0.1, 0.15) is 35.4 Å². The molecule has 8 heteroatoms. The fourth-order valence-electron chi connectivity index (χ4n) is 3.61. The average Bonchev–Trinajstić information content (AvgIpc) is 2.76. The number of nitrogens with one attached hydrogen (secondary N) is 1. The summed E-state index contributed by atoms with van der Waals surface area (Å²) in [4.78, 5) is 28.1. The van der Waals surface area contributed by atoms with Crippen LogP contribution in [0.25, 0.3) is 0 Å². The standard InChI is InChI=1S/C23H26Cl2N2O3S/c1-15-13-27(14-21(30-15)16-6-4-3-5-7-16)23(29)20(10-11-31-2)26-22(28)18-9-8-17(24)12-19(18)25/h3-9,12,15,20-21H,10-11,13-14H2,1-2H3,(H,26,28). The Morgan fingerprint density at radius 1 is 1.19 bits per heavy atom. The maximum Gasteiger partial charge on any atom is 0.253 e. The second kappa shape index (κ2) is 11.2. The molecule has 1 fully saturated rings. The summed E-state index contributed by atoms with van der Waals surface area (Å²) < 4.78 is 6.08. The second-order valence-corrected chi connectivity index (χ2v) is 9.35. The molecule has 3 unspecified atom stereocenters. The van der Waals surface area contributed by atoms with Crippen molar-refractivity contribution in [2.45, 2.75) is 31.6 Å². The molecule has 0 radical (unpaired) electrons. The number of hydrogen-bond donors (Lipinski definition) is 1. The van der Waals surface area contributed by atoms with Gasteiger partial charge in [0.1, 0.15) is 12.1 Å². The van der Waals surface area contributed by atoms with Gasteiger partial charge in [0, 0.05) is 11.6 Å². The van der Waals surface area contributed by atoms with Crippen LogP contribution in [0, 0.1) is 0 Å². The van der Waals surface area contributed by atoms with E-state index in [1.807, 2.05) is 43.5 Å². The zero-order valence-corrected chi connectivity index (χ0v) is 19.8. The zero-order chi connectivity index (χ0) is 22.4. The van der Waals surface area contributed by atoms with Gasteiger partial charge in [0.2, 0.25) is 5.91 Å². The van der Waals surface area contributed by atoms with E-state index in [0.717, 1.165) is 11.3 Å². The van der Waals surface area contributed by atoms with Gasteiger partial charge in [-0.2, -0.15) is 11.8 Å². The monoisotopic (exact) mass is 480 g/mol. The molecular weight excluding hydrogens is 455 g/mol. The van der Waals surface area contributed by atoms with Gasteiger partial charge in [-0.25, -0.2) is 0 Å². The molecule has 1 saturated heterocycles. The number of carbonyl (C=O) groups is 2. The first-order chi connectivity index (χ1) is 14.9. The summed E-state index contributed by atoms with van der Waals surface area (Å²) in [6, 6.07) is 13.9. The van der Waals surface area contributed by atoms with Crippen molar-refractivity contribution >= 4 is 46.8 Å². The Hall–Kier alpha value is -1.73. The maximum absolute atomic E-state index is 13.4. The lowest BCUT2D eigenvalue weighted by Gasteiger charge is -2.38. The minimum absolute atomic E-state index is 0.106. The smallest absolute Gasteiger partial charge is 0.253 e. The number of morpholine rings is 1. The lowest BCUT2D eigenvalue weighted by atomic mass is 10.0. The molecule has 1 aliphatic rings. The van der Waals surface area contributed by atoms with Gasteiger partial charge in [-0.1, -0.05) is 53.5 Å². The third kappa shape index (κ3) is 6.39. The van der Waals surface area contributed by atoms with Gasteiger partial charge in [-0.3, -0.25) is 9.59 Å². The van der Waals surface area contributed by atoms with E-state index in [4.69, 9.17) is 27.9 Å². The van der Waals surface area contributed by atoms with Gasteiger partial charge in [-0.15, -0.1) is 0 Å². The van der Waals surface area contributed by atoms with E-state index in [1.54, 1.807) is 28.8 Å². The first-order valence-corrected chi connectivity index (χ1v) is 12.3. The Balaban J connectivity index is 1.76. The second-order valence-electron chi connectivity index (χ2n) is 7.52. The van der Waals surface area contributed by atoms with E-state index in [9.17, 15) is 9.59 Å². The number of rotatable bonds is 7. The Labute approximate surface area is 197 Å². The quantitative estimate of drug-likeness (QED) is 0.616. The van der Waals surface area contributed by atoms with Gasteiger partial charge < -0.3 is 15.0 Å². The van der Waals surface area contributed by atoms with Crippen molar-refractivity contribution in [2.24, 2.45) is 0 Å². The van der Waals surface area contributed by atoms with Gasteiger partial charge >= 0.3 is 0 Å². The number of ether oxygens (including phenoxy) is 1. The molecule has 166 valence electrons. The minimum atomic E-state index is -0.645. The molecule has 1 heterocycles. The summed E-state index contributed by atoms with van der Waals surface area (Å²) >= 11 is 13.7. The minimum Gasteiger partial charge on any atom is -0.367 e. The van der Waals surface area contributed by atoms with Crippen molar-refractivity contribution in [3.63, 3.8) is 0 Å². The number of thioether (sulfide) groups is 1. The molecule has 0 aliphatic carbocycles. The summed E-state index contributed by atoms with van der Waals surface area (Å²) in [7, 11) is 0. The molecule has 5 nitrogen and oxygen atoms in total. The van der Waals surface area contributed by atoms with E-state index in [-0.39, 0.29) is 29.0 Å². The molecule has 2 aromatic carbocycles. The molecule has 0 aromatic heterocycles. The van der Waals surface area contributed by atoms with Gasteiger partial charge in [0.25, 0.3) is 5.91 Å². The van der Waals surface area contributed by atoms with Crippen molar-refractivity contribution in [1.29, 1.82) is 0 Å². The Morgan fingerprint density at radius 2 is 1.94 bits per heavy atom. The molecule has 2 amide bonds. The number of amides is 2. The van der Waals surface area contributed by atoms with Gasteiger partial charge in [0.05, 0.1) is 23.2 Å². The summed E-state index contributed by atoms with van der Waals surface area (Å²) in [6.45, 7) is 2.88. The molecule has 2 aromatic rings. The van der Waals surface area contributed by atoms with Crippen LogP contribution in [0.2, 0.25) is 10.0 Å². The van der Waals surface area contributed by atoms with Crippen LogP contribution in [0.15, 0.2) is 48.5 Å². The SMILES string of the molecule is CSCCC(NC(=O)c1ccc(Cl)cc1Cl)C(=O)N1CC(C)OC(c2ccccc2)C1. The third-order valence-electron chi connectivity index (χ3n) is 5.13. The van der Waals surface area contributed by atoms with Crippen LogP contribution in [0.5, 0.6) is 0 Å². The lowest BCUT2D eigenvalue weighted by Crippen LogP contribution is -2.54. The Kier molecular flexibility index (Phi) is 8.67. The summed E-state index contributed by atoms with van der Waals surface area (Å²) in [5.74, 6) is 0.248. The predicted octanol–water partition coefficient (Wildman–Crippen LogP) is 4.83. The number of hydrogen-bond acceptors (Lipinski definition) is 4. The number of carbonyl (C=O) groups excluding carboxylic acids is 2. The van der Waals surface area contributed by atoms with Gasteiger partial charge in [0.15, 0.2) is 0 Å². The fourth-order valence-corrected chi connectivity index (χ4v) is 4.57. The molecule has 1 N–H and O–H groups in total. The van der Waals surface area contributed by atoms with Crippen LogP contribution in [0.3, 0.4) is 0 Å². The molecule has 3 rings (SSSR count). The zero-order valence-electron chi connectivity index (χ0n) is 17.5. The molecule has 1 aliphatic heterocycles. The number of benzene rings is 2. The summed E-state index contributed by atoms with van der Waals surface area (Å²) in [5, 5.41) is 3.59. The van der Waals surface area contributed by atoms with E-state index < -0.39 is 6.04 Å². The highest BCUT2D eigenvalue weighted by Gasteiger charge is 2.33. The lowest BCUT2D eigenvalue weighted by molar-refractivity contribution is -0.146. The third-order valence-corrected chi connectivity index (χ3v) is 6.32. The van der Waals surface area contributed by atoms with Crippen LogP contribution < -0.4 is 5.32 Å². The summed E-state index contributed by atoms with van der Waals surface area (Å²) in [5.41, 5.74) is 1.33. The first kappa shape index (κ1) is 23.9. The predicted molar refractivity (Wildman–Crippen MR) is 127 cm³/mol. The highest BCUT2D eigenvalue weighted by atomic mass is 35.5. The van der Waals surface area contributed by atoms with Crippen molar-refractivity contribution in [2.75, 3.05) is 25.1 Å². The van der Waals surface area contributed by atoms with Gasteiger partial charge in [-0.05, 0) is 49.1 Å². The van der Waals surface area contributed by atoms with Crippen LogP contribution in [-0.4, -0.2) is 54.0 Å². The largest absolute Gasteiger partial charge is 0.367 e. The van der Waals surface area contributed by atoms with Crippen molar-refractivity contribution in [1.82, 2.24) is 10.2 Å². The molecule has 31 heavy (non-hydrogen) atoms. The van der Waals surface area contributed by atoms with Crippen LogP contribution in [0.4, 0.5) is 0 Å². The highest BCUT2D eigenvalue weighted by Crippen LogP contribution is 2.26. The van der Waals surface area contributed by atoms with E-state index in [2.05, 4.69) is 5.32 Å². The number of nitrogens with zero attached hydrogens (tertiary/aromatic N) is 1. The Morgan fingerprint density at radius 3 is 2.61 bits per heavy atom. The topological polar surface area (TPSA) is 58.6 Å². The molecule has 0 bridgehead atoms. The molecule has 0 spiro atoms.